The zero-order valence-corrected chi connectivity index (χ0v) is 19.8. The fourth-order valence-electron chi connectivity index (χ4n) is 4.88. The molecule has 2 aromatic rings. The number of fused-ring (bicyclic) bond motifs is 1. The number of likely N-dealkylation sites (tertiary alicyclic amines) is 1. The second-order valence-electron chi connectivity index (χ2n) is 8.52. The number of benzene rings is 1. The summed E-state index contributed by atoms with van der Waals surface area (Å²) >= 11 is 1.55. The van der Waals surface area contributed by atoms with Crippen molar-refractivity contribution in [3.8, 4) is 11.5 Å². The van der Waals surface area contributed by atoms with Crippen LogP contribution < -0.4 is 9.47 Å². The fourth-order valence-corrected chi connectivity index (χ4v) is 5.61. The number of amides is 3. The van der Waals surface area contributed by atoms with Crippen LogP contribution in [-0.2, 0) is 14.4 Å². The molecule has 0 bridgehead atoms. The van der Waals surface area contributed by atoms with Crippen LogP contribution in [0, 0.1) is 11.8 Å². The van der Waals surface area contributed by atoms with Gasteiger partial charge in [0.05, 0.1) is 42.7 Å². The fraction of sp³-hybridized carbons (Fsp3) is 0.360. The number of ether oxygens (including phenoxy) is 2. The van der Waals surface area contributed by atoms with Gasteiger partial charge in [-0.15, -0.1) is 11.3 Å². The maximum Gasteiger partial charge on any atom is 0.263 e. The van der Waals surface area contributed by atoms with Gasteiger partial charge in [0.25, 0.3) is 5.91 Å². The van der Waals surface area contributed by atoms with Gasteiger partial charge in [0.1, 0.15) is 6.54 Å². The van der Waals surface area contributed by atoms with Gasteiger partial charge >= 0.3 is 0 Å². The van der Waals surface area contributed by atoms with Gasteiger partial charge in [0, 0.05) is 6.42 Å². The molecule has 0 spiro atoms. The molecule has 8 nitrogen and oxygen atoms in total. The number of hydrogen-bond donors (Lipinski definition) is 0. The number of carbonyl (C=O) groups is 3. The van der Waals surface area contributed by atoms with Gasteiger partial charge < -0.3 is 9.47 Å². The second kappa shape index (κ2) is 9.06. The lowest BCUT2D eigenvalue weighted by molar-refractivity contribution is -0.147. The van der Waals surface area contributed by atoms with E-state index in [4.69, 9.17) is 9.47 Å². The van der Waals surface area contributed by atoms with Crippen LogP contribution in [0.2, 0.25) is 0 Å². The molecule has 0 unspecified atom stereocenters. The highest BCUT2D eigenvalue weighted by Gasteiger charge is 2.48. The zero-order chi connectivity index (χ0) is 23.8. The molecule has 0 saturated carbocycles. The summed E-state index contributed by atoms with van der Waals surface area (Å²) < 4.78 is 10.8. The lowest BCUT2D eigenvalue weighted by Crippen LogP contribution is -2.41. The Morgan fingerprint density at radius 1 is 1.06 bits per heavy atom. The number of nitrogens with zero attached hydrogens (tertiary/aromatic N) is 3. The average Bonchev–Trinajstić information content (AvgIpc) is 3.60. The third kappa shape index (κ3) is 3.79. The molecule has 0 N–H and O–H groups in total. The minimum absolute atomic E-state index is 0.267. The van der Waals surface area contributed by atoms with E-state index >= 15 is 0 Å². The maximum atomic E-state index is 13.5. The average molecular weight is 480 g/mol. The summed E-state index contributed by atoms with van der Waals surface area (Å²) in [6.07, 6.45) is 5.46. The van der Waals surface area contributed by atoms with Crippen LogP contribution in [0.3, 0.4) is 0 Å². The van der Waals surface area contributed by atoms with E-state index in [0.29, 0.717) is 30.8 Å². The third-order valence-electron chi connectivity index (χ3n) is 6.66. The van der Waals surface area contributed by atoms with Crippen molar-refractivity contribution in [1.29, 1.82) is 0 Å². The first kappa shape index (κ1) is 22.3. The number of thiophene rings is 1. The Kier molecular flexibility index (Phi) is 5.95. The standard InChI is InChI=1S/C25H25N3O5S/c1-32-20-10-9-15(12-21(20)33-2)19-13-18(22-8-5-11-34-22)26-28(19)23(29)14-27-24(30)16-6-3-4-7-17(16)25(27)31/h3-5,8-12,16-17,19H,6-7,13-14H2,1-2H3/t16-,17-,19-/m0/s1. The molecule has 1 fully saturated rings. The van der Waals surface area contributed by atoms with Crippen molar-refractivity contribution in [1.82, 2.24) is 9.91 Å². The second-order valence-corrected chi connectivity index (χ2v) is 9.46. The van der Waals surface area contributed by atoms with E-state index in [1.807, 2.05) is 41.8 Å². The van der Waals surface area contributed by atoms with E-state index < -0.39 is 0 Å². The number of hydrogen-bond acceptors (Lipinski definition) is 7. The largest absolute Gasteiger partial charge is 0.493 e. The summed E-state index contributed by atoms with van der Waals surface area (Å²) in [5.41, 5.74) is 1.62. The van der Waals surface area contributed by atoms with Gasteiger partial charge in [-0.3, -0.25) is 19.3 Å². The molecule has 34 heavy (non-hydrogen) atoms. The molecule has 1 aromatic carbocycles. The third-order valence-corrected chi connectivity index (χ3v) is 7.57. The number of hydrazone groups is 1. The normalized spacial score (nSPS) is 23.8. The number of methoxy groups -OCH3 is 2. The summed E-state index contributed by atoms with van der Waals surface area (Å²) in [5, 5.41) is 8.02. The Morgan fingerprint density at radius 3 is 2.38 bits per heavy atom. The van der Waals surface area contributed by atoms with E-state index in [-0.39, 0.29) is 42.1 Å². The van der Waals surface area contributed by atoms with Gasteiger partial charge in [0.15, 0.2) is 11.5 Å². The maximum absolute atomic E-state index is 13.5. The molecule has 5 rings (SSSR count). The lowest BCUT2D eigenvalue weighted by atomic mass is 9.85. The Hall–Kier alpha value is -3.46. The molecule has 3 heterocycles. The highest BCUT2D eigenvalue weighted by atomic mass is 32.1. The van der Waals surface area contributed by atoms with E-state index in [1.165, 1.54) is 5.01 Å². The molecule has 3 atom stereocenters. The summed E-state index contributed by atoms with van der Waals surface area (Å²) in [6, 6.07) is 9.03. The molecule has 3 aliphatic rings. The van der Waals surface area contributed by atoms with E-state index in [1.54, 1.807) is 31.6 Å². The Balaban J connectivity index is 1.43. The first-order chi connectivity index (χ1) is 16.5. The summed E-state index contributed by atoms with van der Waals surface area (Å²) in [4.78, 5) is 41.4. The minimum Gasteiger partial charge on any atom is -0.493 e. The van der Waals surface area contributed by atoms with E-state index in [0.717, 1.165) is 21.1 Å². The Morgan fingerprint density at radius 2 is 1.76 bits per heavy atom. The number of imide groups is 1. The molecule has 2 aliphatic heterocycles. The van der Waals surface area contributed by atoms with Crippen molar-refractivity contribution in [3.63, 3.8) is 0 Å². The highest BCUT2D eigenvalue weighted by Crippen LogP contribution is 2.39. The summed E-state index contributed by atoms with van der Waals surface area (Å²) in [6.45, 7) is -0.310. The van der Waals surface area contributed by atoms with E-state index in [9.17, 15) is 14.4 Å². The summed E-state index contributed by atoms with van der Waals surface area (Å²) in [7, 11) is 3.13. The predicted octanol–water partition coefficient (Wildman–Crippen LogP) is 3.39. The van der Waals surface area contributed by atoms with Crippen molar-refractivity contribution in [3.05, 3.63) is 58.3 Å². The van der Waals surface area contributed by atoms with Crippen LogP contribution in [0.1, 0.15) is 35.7 Å². The van der Waals surface area contributed by atoms with Crippen LogP contribution in [0.25, 0.3) is 0 Å². The van der Waals surface area contributed by atoms with Crippen LogP contribution >= 0.6 is 11.3 Å². The zero-order valence-electron chi connectivity index (χ0n) is 19.0. The van der Waals surface area contributed by atoms with Gasteiger partial charge in [-0.25, -0.2) is 5.01 Å². The van der Waals surface area contributed by atoms with Crippen LogP contribution in [-0.4, -0.2) is 54.1 Å². The molecule has 1 aliphatic carbocycles. The summed E-state index contributed by atoms with van der Waals surface area (Å²) in [5.74, 6) is -0.510. The quantitative estimate of drug-likeness (QED) is 0.468. The van der Waals surface area contributed by atoms with Crippen molar-refractivity contribution in [2.24, 2.45) is 16.9 Å². The highest BCUT2D eigenvalue weighted by molar-refractivity contribution is 7.12. The molecule has 3 amide bonds. The monoisotopic (exact) mass is 479 g/mol. The predicted molar refractivity (Wildman–Crippen MR) is 127 cm³/mol. The molecular formula is C25H25N3O5S. The number of rotatable bonds is 6. The molecule has 1 aromatic heterocycles. The topological polar surface area (TPSA) is 88.5 Å². The first-order valence-corrected chi connectivity index (χ1v) is 12.0. The van der Waals surface area contributed by atoms with Crippen molar-refractivity contribution >= 4 is 34.8 Å². The smallest absolute Gasteiger partial charge is 0.263 e. The number of carbonyl (C=O) groups excluding carboxylic acids is 3. The molecule has 0 radical (unpaired) electrons. The van der Waals surface area contributed by atoms with Crippen molar-refractivity contribution in [2.75, 3.05) is 20.8 Å². The lowest BCUT2D eigenvalue weighted by Gasteiger charge is -2.25. The van der Waals surface area contributed by atoms with Crippen LogP contribution in [0.5, 0.6) is 11.5 Å². The molecule has 1 saturated heterocycles. The van der Waals surface area contributed by atoms with Gasteiger partial charge in [-0.05, 0) is 42.0 Å². The first-order valence-electron chi connectivity index (χ1n) is 11.2. The van der Waals surface area contributed by atoms with Crippen LogP contribution in [0.15, 0.2) is 53.0 Å². The van der Waals surface area contributed by atoms with E-state index in [2.05, 4.69) is 5.10 Å². The Bertz CT molecular complexity index is 1160. The van der Waals surface area contributed by atoms with Gasteiger partial charge in [0.2, 0.25) is 11.8 Å². The molecular weight excluding hydrogens is 454 g/mol. The van der Waals surface area contributed by atoms with Gasteiger partial charge in [-0.1, -0.05) is 24.3 Å². The SMILES string of the molecule is COc1ccc([C@@H]2CC(c3cccs3)=NN2C(=O)CN2C(=O)[C@H]3CC=CC[C@@H]3C2=O)cc1OC. The molecule has 9 heteroatoms. The van der Waals surface area contributed by atoms with Crippen molar-refractivity contribution < 1.29 is 23.9 Å². The van der Waals surface area contributed by atoms with Crippen LogP contribution in [0.4, 0.5) is 0 Å². The minimum atomic E-state index is -0.389. The number of allylic oxidation sites excluding steroid dienone is 2. The van der Waals surface area contributed by atoms with Crippen molar-refractivity contribution in [2.45, 2.75) is 25.3 Å². The Labute approximate surface area is 201 Å². The van der Waals surface area contributed by atoms with Gasteiger partial charge in [-0.2, -0.15) is 5.10 Å². The molecule has 176 valence electrons.